The van der Waals surface area contributed by atoms with E-state index in [1.54, 1.807) is 24.3 Å². The molecule has 0 saturated carbocycles. The highest BCUT2D eigenvalue weighted by Gasteiger charge is 2.07. The van der Waals surface area contributed by atoms with Crippen LogP contribution in [0.1, 0.15) is 35.7 Å². The molecule has 0 aliphatic heterocycles. The van der Waals surface area contributed by atoms with Crippen LogP contribution in [0.5, 0.6) is 0 Å². The van der Waals surface area contributed by atoms with Gasteiger partial charge in [0, 0.05) is 17.3 Å². The molecule has 1 amide bonds. The minimum absolute atomic E-state index is 0.193. The summed E-state index contributed by atoms with van der Waals surface area (Å²) in [6, 6.07) is 16.3. The Morgan fingerprint density at radius 1 is 1.04 bits per heavy atom. The second kappa shape index (κ2) is 9.30. The van der Waals surface area contributed by atoms with Gasteiger partial charge in [-0.25, -0.2) is 4.79 Å². The standard InChI is InChI=1S/C20H21NO3/c1-2-3-15-24-19(22)14-13-16-9-7-8-12-18(16)21-20(23)17-10-5-4-6-11-17/h4-14H,2-3,15H2,1H3,(H,21,23)/b14-13+. The number of nitrogens with one attached hydrogen (secondary N) is 1. The zero-order valence-corrected chi connectivity index (χ0v) is 13.7. The predicted octanol–water partition coefficient (Wildman–Crippen LogP) is 4.30. The monoisotopic (exact) mass is 323 g/mol. The first-order valence-corrected chi connectivity index (χ1v) is 8.01. The second-order valence-corrected chi connectivity index (χ2v) is 5.26. The average molecular weight is 323 g/mol. The molecule has 0 aromatic heterocycles. The van der Waals surface area contributed by atoms with Crippen LogP contribution in [0.25, 0.3) is 6.08 Å². The van der Waals surface area contributed by atoms with Crippen molar-refractivity contribution in [1.29, 1.82) is 0 Å². The van der Waals surface area contributed by atoms with Gasteiger partial charge in [-0.3, -0.25) is 4.79 Å². The van der Waals surface area contributed by atoms with Crippen LogP contribution in [0.2, 0.25) is 0 Å². The van der Waals surface area contributed by atoms with Crippen LogP contribution in [0.4, 0.5) is 5.69 Å². The molecular weight excluding hydrogens is 302 g/mol. The first-order valence-electron chi connectivity index (χ1n) is 8.01. The Balaban J connectivity index is 2.04. The van der Waals surface area contributed by atoms with Crippen molar-refractivity contribution in [1.82, 2.24) is 0 Å². The molecule has 2 aromatic rings. The molecule has 2 aromatic carbocycles. The largest absolute Gasteiger partial charge is 0.463 e. The van der Waals surface area contributed by atoms with E-state index in [4.69, 9.17) is 4.74 Å². The second-order valence-electron chi connectivity index (χ2n) is 5.26. The molecule has 0 aliphatic carbocycles. The maximum atomic E-state index is 12.3. The third kappa shape index (κ3) is 5.39. The van der Waals surface area contributed by atoms with Crippen LogP contribution in [0.3, 0.4) is 0 Å². The molecule has 0 atom stereocenters. The highest BCUT2D eigenvalue weighted by Crippen LogP contribution is 2.18. The van der Waals surface area contributed by atoms with Crippen LogP contribution < -0.4 is 5.32 Å². The summed E-state index contributed by atoms with van der Waals surface area (Å²) in [6.07, 6.45) is 4.85. The van der Waals surface area contributed by atoms with Crippen molar-refractivity contribution in [3.05, 3.63) is 71.8 Å². The highest BCUT2D eigenvalue weighted by atomic mass is 16.5. The van der Waals surface area contributed by atoms with Crippen LogP contribution >= 0.6 is 0 Å². The molecule has 0 spiro atoms. The summed E-state index contributed by atoms with van der Waals surface area (Å²) >= 11 is 0. The smallest absolute Gasteiger partial charge is 0.330 e. The van der Waals surface area contributed by atoms with Gasteiger partial charge < -0.3 is 10.1 Å². The lowest BCUT2D eigenvalue weighted by molar-refractivity contribution is -0.137. The quantitative estimate of drug-likeness (QED) is 0.470. The molecule has 0 fully saturated rings. The van der Waals surface area contributed by atoms with E-state index in [1.165, 1.54) is 6.08 Å². The molecule has 0 bridgehead atoms. The van der Waals surface area contributed by atoms with E-state index in [1.807, 2.05) is 43.3 Å². The first kappa shape index (κ1) is 17.5. The Hall–Kier alpha value is -2.88. The minimum atomic E-state index is -0.382. The van der Waals surface area contributed by atoms with Gasteiger partial charge in [0.05, 0.1) is 6.61 Å². The van der Waals surface area contributed by atoms with E-state index in [-0.39, 0.29) is 11.9 Å². The molecule has 0 heterocycles. The molecule has 2 rings (SSSR count). The number of ether oxygens (including phenoxy) is 1. The van der Waals surface area contributed by atoms with Crippen LogP contribution in [-0.2, 0) is 9.53 Å². The van der Waals surface area contributed by atoms with E-state index in [9.17, 15) is 9.59 Å². The number of hydrogen-bond donors (Lipinski definition) is 1. The van der Waals surface area contributed by atoms with Gasteiger partial charge in [-0.1, -0.05) is 49.7 Å². The SMILES string of the molecule is CCCCOC(=O)/C=C/c1ccccc1NC(=O)c1ccccc1. The maximum Gasteiger partial charge on any atom is 0.330 e. The van der Waals surface area contributed by atoms with Gasteiger partial charge in [0.15, 0.2) is 0 Å². The fraction of sp³-hybridized carbons (Fsp3) is 0.200. The van der Waals surface area contributed by atoms with Crippen LogP contribution in [0.15, 0.2) is 60.7 Å². The van der Waals surface area contributed by atoms with Crippen molar-refractivity contribution in [2.75, 3.05) is 11.9 Å². The molecule has 0 unspecified atom stereocenters. The summed E-state index contributed by atoms with van der Waals surface area (Å²) < 4.78 is 5.08. The number of unbranched alkanes of at least 4 members (excludes halogenated alkanes) is 1. The zero-order chi connectivity index (χ0) is 17.2. The number of carbonyl (C=O) groups is 2. The van der Waals surface area contributed by atoms with Crippen LogP contribution in [-0.4, -0.2) is 18.5 Å². The molecule has 124 valence electrons. The van der Waals surface area contributed by atoms with Crippen molar-refractivity contribution >= 4 is 23.6 Å². The molecule has 0 saturated heterocycles. The van der Waals surface area contributed by atoms with Crippen molar-refractivity contribution in [3.8, 4) is 0 Å². The van der Waals surface area contributed by atoms with Gasteiger partial charge in [-0.15, -0.1) is 0 Å². The van der Waals surface area contributed by atoms with Gasteiger partial charge in [0.1, 0.15) is 0 Å². The number of carbonyl (C=O) groups excluding carboxylic acids is 2. The van der Waals surface area contributed by atoms with E-state index in [2.05, 4.69) is 5.32 Å². The number of anilines is 1. The highest BCUT2D eigenvalue weighted by molar-refractivity contribution is 6.05. The van der Waals surface area contributed by atoms with Crippen molar-refractivity contribution in [3.63, 3.8) is 0 Å². The average Bonchev–Trinajstić information content (AvgIpc) is 2.62. The lowest BCUT2D eigenvalue weighted by atomic mass is 10.1. The normalized spacial score (nSPS) is 10.5. The van der Waals surface area contributed by atoms with E-state index < -0.39 is 0 Å². The third-order valence-electron chi connectivity index (χ3n) is 3.39. The number of para-hydroxylation sites is 1. The zero-order valence-electron chi connectivity index (χ0n) is 13.7. The molecule has 0 radical (unpaired) electrons. The topological polar surface area (TPSA) is 55.4 Å². The Morgan fingerprint density at radius 3 is 2.50 bits per heavy atom. The predicted molar refractivity (Wildman–Crippen MR) is 95.7 cm³/mol. The summed E-state index contributed by atoms with van der Waals surface area (Å²) in [6.45, 7) is 2.46. The molecule has 4 heteroatoms. The van der Waals surface area contributed by atoms with Gasteiger partial charge in [-0.05, 0) is 36.3 Å². The summed E-state index contributed by atoms with van der Waals surface area (Å²) in [7, 11) is 0. The lowest BCUT2D eigenvalue weighted by Gasteiger charge is -2.08. The molecule has 4 nitrogen and oxygen atoms in total. The lowest BCUT2D eigenvalue weighted by Crippen LogP contribution is -2.12. The summed E-state index contributed by atoms with van der Waals surface area (Å²) in [5.41, 5.74) is 1.97. The van der Waals surface area contributed by atoms with E-state index in [0.717, 1.165) is 18.4 Å². The molecular formula is C20H21NO3. The summed E-state index contributed by atoms with van der Waals surface area (Å²) in [5, 5.41) is 2.86. The number of rotatable bonds is 7. The molecule has 0 aliphatic rings. The van der Waals surface area contributed by atoms with Gasteiger partial charge in [-0.2, -0.15) is 0 Å². The molecule has 24 heavy (non-hydrogen) atoms. The van der Waals surface area contributed by atoms with Gasteiger partial charge >= 0.3 is 5.97 Å². The number of esters is 1. The Kier molecular flexibility index (Phi) is 6.77. The molecule has 1 N–H and O–H groups in total. The fourth-order valence-corrected chi connectivity index (χ4v) is 2.06. The third-order valence-corrected chi connectivity index (χ3v) is 3.39. The Morgan fingerprint density at radius 2 is 1.75 bits per heavy atom. The number of benzene rings is 2. The minimum Gasteiger partial charge on any atom is -0.463 e. The van der Waals surface area contributed by atoms with Crippen LogP contribution in [0, 0.1) is 0 Å². The van der Waals surface area contributed by atoms with Crippen molar-refractivity contribution in [2.45, 2.75) is 19.8 Å². The van der Waals surface area contributed by atoms with Crippen molar-refractivity contribution < 1.29 is 14.3 Å². The summed E-state index contributed by atoms with van der Waals surface area (Å²) in [4.78, 5) is 23.9. The Bertz CT molecular complexity index is 708. The maximum absolute atomic E-state index is 12.3. The van der Waals surface area contributed by atoms with Crippen molar-refractivity contribution in [2.24, 2.45) is 0 Å². The Labute approximate surface area is 142 Å². The first-order chi connectivity index (χ1) is 11.7. The fourth-order valence-electron chi connectivity index (χ4n) is 2.06. The van der Waals surface area contributed by atoms with Gasteiger partial charge in [0.2, 0.25) is 0 Å². The van der Waals surface area contributed by atoms with E-state index >= 15 is 0 Å². The summed E-state index contributed by atoms with van der Waals surface area (Å²) in [5.74, 6) is -0.574. The number of amides is 1. The van der Waals surface area contributed by atoms with E-state index in [0.29, 0.717) is 17.9 Å². The number of hydrogen-bond acceptors (Lipinski definition) is 3. The van der Waals surface area contributed by atoms with Gasteiger partial charge in [0.25, 0.3) is 5.91 Å².